The summed E-state index contributed by atoms with van der Waals surface area (Å²) >= 11 is 1.80. The average molecular weight is 223 g/mol. The molecular formula is C11H17N3S. The van der Waals surface area contributed by atoms with Gasteiger partial charge in [0.1, 0.15) is 5.03 Å². The molecule has 15 heavy (non-hydrogen) atoms. The largest absolute Gasteiger partial charge is 0.314 e. The van der Waals surface area contributed by atoms with E-state index in [2.05, 4.69) is 15.3 Å². The molecule has 0 aliphatic carbocycles. The zero-order chi connectivity index (χ0) is 10.3. The highest BCUT2D eigenvalue weighted by Crippen LogP contribution is 2.17. The van der Waals surface area contributed by atoms with Crippen molar-refractivity contribution in [1.82, 2.24) is 15.3 Å². The van der Waals surface area contributed by atoms with E-state index in [4.69, 9.17) is 0 Å². The molecule has 1 atom stereocenters. The van der Waals surface area contributed by atoms with Crippen molar-refractivity contribution in [2.24, 2.45) is 0 Å². The third kappa shape index (κ3) is 3.80. The summed E-state index contributed by atoms with van der Waals surface area (Å²) in [5.74, 6) is 1.14. The molecule has 1 fully saturated rings. The van der Waals surface area contributed by atoms with E-state index in [-0.39, 0.29) is 0 Å². The van der Waals surface area contributed by atoms with Gasteiger partial charge < -0.3 is 5.32 Å². The van der Waals surface area contributed by atoms with E-state index < -0.39 is 0 Å². The molecule has 4 heteroatoms. The Morgan fingerprint density at radius 3 is 3.13 bits per heavy atom. The van der Waals surface area contributed by atoms with Crippen molar-refractivity contribution in [3.63, 3.8) is 0 Å². The molecule has 1 aliphatic rings. The molecule has 1 aromatic heterocycles. The van der Waals surface area contributed by atoms with Gasteiger partial charge in [0.05, 0.1) is 6.20 Å². The zero-order valence-corrected chi connectivity index (χ0v) is 9.67. The molecule has 1 N–H and O–H groups in total. The first-order valence-corrected chi connectivity index (χ1v) is 6.56. The van der Waals surface area contributed by atoms with Crippen LogP contribution in [0.4, 0.5) is 0 Å². The Morgan fingerprint density at radius 1 is 1.40 bits per heavy atom. The van der Waals surface area contributed by atoms with Gasteiger partial charge >= 0.3 is 0 Å². The van der Waals surface area contributed by atoms with Gasteiger partial charge in [-0.3, -0.25) is 4.98 Å². The number of rotatable bonds is 4. The summed E-state index contributed by atoms with van der Waals surface area (Å²) in [7, 11) is 0. The van der Waals surface area contributed by atoms with Crippen LogP contribution in [-0.4, -0.2) is 28.3 Å². The maximum absolute atomic E-state index is 4.24. The van der Waals surface area contributed by atoms with Crippen molar-refractivity contribution in [1.29, 1.82) is 0 Å². The van der Waals surface area contributed by atoms with Gasteiger partial charge in [-0.15, -0.1) is 11.8 Å². The Kier molecular flexibility index (Phi) is 4.41. The Labute approximate surface area is 95.1 Å². The fourth-order valence-corrected chi connectivity index (χ4v) is 2.72. The molecule has 0 amide bonds. The van der Waals surface area contributed by atoms with Gasteiger partial charge in [0, 0.05) is 24.2 Å². The van der Waals surface area contributed by atoms with E-state index >= 15 is 0 Å². The molecule has 2 rings (SSSR count). The van der Waals surface area contributed by atoms with Crippen molar-refractivity contribution in [2.45, 2.75) is 36.8 Å². The van der Waals surface area contributed by atoms with Crippen molar-refractivity contribution in [3.05, 3.63) is 18.6 Å². The SMILES string of the molecule is c1cnc(SCCC2CCCCN2)cn1. The fraction of sp³-hybridized carbons (Fsp3) is 0.636. The molecule has 0 aromatic carbocycles. The summed E-state index contributed by atoms with van der Waals surface area (Å²) in [4.78, 5) is 8.29. The van der Waals surface area contributed by atoms with Crippen LogP contribution >= 0.6 is 11.8 Å². The second kappa shape index (κ2) is 6.08. The minimum Gasteiger partial charge on any atom is -0.314 e. The van der Waals surface area contributed by atoms with Crippen LogP contribution in [0.1, 0.15) is 25.7 Å². The third-order valence-electron chi connectivity index (χ3n) is 2.67. The molecule has 1 saturated heterocycles. The van der Waals surface area contributed by atoms with Crippen LogP contribution in [0.2, 0.25) is 0 Å². The molecule has 82 valence electrons. The predicted molar refractivity (Wildman–Crippen MR) is 63.0 cm³/mol. The molecule has 0 radical (unpaired) electrons. The molecule has 0 bridgehead atoms. The van der Waals surface area contributed by atoms with Crippen molar-refractivity contribution in [3.8, 4) is 0 Å². The molecule has 1 unspecified atom stereocenters. The lowest BCUT2D eigenvalue weighted by molar-refractivity contribution is 0.394. The van der Waals surface area contributed by atoms with Gasteiger partial charge in [0.2, 0.25) is 0 Å². The normalized spacial score (nSPS) is 21.5. The van der Waals surface area contributed by atoms with Crippen molar-refractivity contribution < 1.29 is 0 Å². The number of nitrogens with zero attached hydrogens (tertiary/aromatic N) is 2. The van der Waals surface area contributed by atoms with Crippen LogP contribution in [0.25, 0.3) is 0 Å². The molecule has 0 saturated carbocycles. The summed E-state index contributed by atoms with van der Waals surface area (Å²) < 4.78 is 0. The Hall–Kier alpha value is -0.610. The minimum absolute atomic E-state index is 0.725. The van der Waals surface area contributed by atoms with Gasteiger partial charge in [0.15, 0.2) is 0 Å². The number of hydrogen-bond acceptors (Lipinski definition) is 4. The molecule has 0 spiro atoms. The van der Waals surface area contributed by atoms with E-state index in [1.54, 1.807) is 24.2 Å². The number of piperidine rings is 1. The van der Waals surface area contributed by atoms with Gasteiger partial charge in [-0.1, -0.05) is 6.42 Å². The summed E-state index contributed by atoms with van der Waals surface area (Å²) in [5.41, 5.74) is 0. The van der Waals surface area contributed by atoms with Crippen LogP contribution in [0.3, 0.4) is 0 Å². The van der Waals surface area contributed by atoms with E-state index in [1.807, 2.05) is 6.20 Å². The van der Waals surface area contributed by atoms with Crippen LogP contribution in [-0.2, 0) is 0 Å². The lowest BCUT2D eigenvalue weighted by Crippen LogP contribution is -2.34. The number of aromatic nitrogens is 2. The molecule has 3 nitrogen and oxygen atoms in total. The summed E-state index contributed by atoms with van der Waals surface area (Å²) in [5, 5.41) is 4.59. The highest BCUT2D eigenvalue weighted by Gasteiger charge is 2.11. The maximum atomic E-state index is 4.24. The van der Waals surface area contributed by atoms with E-state index in [0.717, 1.165) is 16.8 Å². The summed E-state index contributed by atoms with van der Waals surface area (Å²) in [6.07, 6.45) is 10.6. The molecular weight excluding hydrogens is 206 g/mol. The van der Waals surface area contributed by atoms with Gasteiger partial charge in [-0.05, 0) is 25.8 Å². The number of thioether (sulfide) groups is 1. The van der Waals surface area contributed by atoms with Gasteiger partial charge in [-0.2, -0.15) is 0 Å². The molecule has 2 heterocycles. The fourth-order valence-electron chi connectivity index (χ4n) is 1.84. The van der Waals surface area contributed by atoms with Gasteiger partial charge in [-0.25, -0.2) is 4.98 Å². The number of hydrogen-bond donors (Lipinski definition) is 1. The Balaban J connectivity index is 1.66. The predicted octanol–water partition coefficient (Wildman–Crippen LogP) is 2.10. The smallest absolute Gasteiger partial charge is 0.114 e. The van der Waals surface area contributed by atoms with Crippen LogP contribution < -0.4 is 5.32 Å². The topological polar surface area (TPSA) is 37.8 Å². The maximum Gasteiger partial charge on any atom is 0.114 e. The summed E-state index contributed by atoms with van der Waals surface area (Å²) in [6, 6.07) is 0.725. The number of nitrogens with one attached hydrogen (secondary N) is 1. The standard InChI is InChI=1S/C11H17N3S/c1-2-5-13-10(3-1)4-8-15-11-9-12-6-7-14-11/h6-7,9-10,13H,1-5,8H2. The van der Waals surface area contributed by atoms with E-state index in [0.29, 0.717) is 0 Å². The first-order chi connectivity index (χ1) is 7.45. The Bertz CT molecular complexity index is 272. The first kappa shape index (κ1) is 10.9. The quantitative estimate of drug-likeness (QED) is 0.793. The second-order valence-electron chi connectivity index (χ2n) is 3.83. The first-order valence-electron chi connectivity index (χ1n) is 5.57. The third-order valence-corrected chi connectivity index (χ3v) is 3.61. The van der Waals surface area contributed by atoms with E-state index in [1.165, 1.54) is 32.2 Å². The molecule has 1 aliphatic heterocycles. The highest BCUT2D eigenvalue weighted by atomic mass is 32.2. The monoisotopic (exact) mass is 223 g/mol. The van der Waals surface area contributed by atoms with Crippen LogP contribution in [0.15, 0.2) is 23.6 Å². The average Bonchev–Trinajstić information content (AvgIpc) is 2.32. The summed E-state index contributed by atoms with van der Waals surface area (Å²) in [6.45, 7) is 1.19. The highest BCUT2D eigenvalue weighted by molar-refractivity contribution is 7.99. The Morgan fingerprint density at radius 2 is 2.40 bits per heavy atom. The van der Waals surface area contributed by atoms with E-state index in [9.17, 15) is 0 Å². The minimum atomic E-state index is 0.725. The molecule has 1 aromatic rings. The zero-order valence-electron chi connectivity index (χ0n) is 8.85. The van der Waals surface area contributed by atoms with Crippen molar-refractivity contribution >= 4 is 11.8 Å². The second-order valence-corrected chi connectivity index (χ2v) is 4.94. The van der Waals surface area contributed by atoms with Gasteiger partial charge in [0.25, 0.3) is 0 Å². The van der Waals surface area contributed by atoms with Crippen LogP contribution in [0.5, 0.6) is 0 Å². The lowest BCUT2D eigenvalue weighted by Gasteiger charge is -2.22. The van der Waals surface area contributed by atoms with Crippen LogP contribution in [0, 0.1) is 0 Å². The van der Waals surface area contributed by atoms with Crippen molar-refractivity contribution in [2.75, 3.05) is 12.3 Å². The lowest BCUT2D eigenvalue weighted by atomic mass is 10.0.